The van der Waals surface area contributed by atoms with E-state index < -0.39 is 6.04 Å². The number of benzene rings is 2. The van der Waals surface area contributed by atoms with Crippen molar-refractivity contribution in [2.45, 2.75) is 12.5 Å². The average molecular weight is 370 g/mol. The van der Waals surface area contributed by atoms with Crippen molar-refractivity contribution in [1.29, 1.82) is 0 Å². The molecule has 7 heteroatoms. The molecule has 0 saturated heterocycles. The number of carbonyl (C=O) groups is 2. The van der Waals surface area contributed by atoms with Crippen LogP contribution in [0.4, 0.5) is 5.69 Å². The number of aromatic amines is 1. The molecule has 0 saturated carbocycles. The number of halogens is 1. The molecule has 0 bridgehead atoms. The van der Waals surface area contributed by atoms with Gasteiger partial charge in [-0.15, -0.1) is 0 Å². The van der Waals surface area contributed by atoms with Gasteiger partial charge < -0.3 is 20.4 Å². The van der Waals surface area contributed by atoms with Crippen molar-refractivity contribution < 1.29 is 14.3 Å². The van der Waals surface area contributed by atoms with Gasteiger partial charge in [0.15, 0.2) is 0 Å². The zero-order valence-electron chi connectivity index (χ0n) is 13.9. The number of ether oxygens (including phenoxy) is 1. The molecular weight excluding hydrogens is 354 g/mol. The number of carbonyl (C=O) groups excluding carboxylic acids is 2. The van der Waals surface area contributed by atoms with Crippen LogP contribution in [0.1, 0.15) is 16.1 Å². The molecule has 0 aliphatic carbocycles. The number of H-pyrrole nitrogens is 1. The lowest BCUT2D eigenvalue weighted by Crippen LogP contribution is -2.47. The summed E-state index contributed by atoms with van der Waals surface area (Å²) in [6, 6.07) is 11.8. The number of aromatic nitrogens is 1. The SMILES string of the molecule is COc1ccc2c(c1)CC(NC(=O)c1cc3cc(Cl)ccc3[nH]1)C(=O)N2. The summed E-state index contributed by atoms with van der Waals surface area (Å²) in [5.74, 6) is 0.122. The highest BCUT2D eigenvalue weighted by Gasteiger charge is 2.28. The molecule has 0 fully saturated rings. The Hall–Kier alpha value is -2.99. The van der Waals surface area contributed by atoms with E-state index in [2.05, 4.69) is 15.6 Å². The van der Waals surface area contributed by atoms with Crippen molar-refractivity contribution in [1.82, 2.24) is 10.3 Å². The van der Waals surface area contributed by atoms with E-state index in [0.717, 1.165) is 22.2 Å². The Labute approximate surface area is 154 Å². The fourth-order valence-corrected chi connectivity index (χ4v) is 3.28. The van der Waals surface area contributed by atoms with Crippen molar-refractivity contribution in [3.63, 3.8) is 0 Å². The van der Waals surface area contributed by atoms with Crippen LogP contribution in [-0.4, -0.2) is 29.9 Å². The Morgan fingerprint density at radius 2 is 2.08 bits per heavy atom. The third kappa shape index (κ3) is 2.99. The standard InChI is InChI=1S/C19H16ClN3O3/c1-26-13-3-5-15-11(7-13)9-17(19(25)22-15)23-18(24)16-8-10-6-12(20)2-4-14(10)21-16/h2-8,17,21H,9H2,1H3,(H,22,25)(H,23,24). The van der Waals surface area contributed by atoms with Gasteiger partial charge in [0.1, 0.15) is 17.5 Å². The number of methoxy groups -OCH3 is 1. The van der Waals surface area contributed by atoms with Crippen LogP contribution in [0.2, 0.25) is 5.02 Å². The van der Waals surface area contributed by atoms with Crippen LogP contribution in [0.3, 0.4) is 0 Å². The number of amides is 2. The fraction of sp³-hybridized carbons (Fsp3) is 0.158. The van der Waals surface area contributed by atoms with Gasteiger partial charge in [-0.25, -0.2) is 0 Å². The summed E-state index contributed by atoms with van der Waals surface area (Å²) >= 11 is 5.98. The largest absolute Gasteiger partial charge is 0.497 e. The van der Waals surface area contributed by atoms with E-state index in [4.69, 9.17) is 16.3 Å². The van der Waals surface area contributed by atoms with Gasteiger partial charge in [-0.05, 0) is 48.0 Å². The third-order valence-corrected chi connectivity index (χ3v) is 4.68. The van der Waals surface area contributed by atoms with E-state index >= 15 is 0 Å². The highest BCUT2D eigenvalue weighted by molar-refractivity contribution is 6.31. The highest BCUT2D eigenvalue weighted by atomic mass is 35.5. The minimum atomic E-state index is -0.655. The van der Waals surface area contributed by atoms with Crippen LogP contribution in [0, 0.1) is 0 Å². The van der Waals surface area contributed by atoms with Crippen LogP contribution in [0.15, 0.2) is 42.5 Å². The van der Waals surface area contributed by atoms with Crippen LogP contribution in [0.5, 0.6) is 5.75 Å². The summed E-state index contributed by atoms with van der Waals surface area (Å²) in [4.78, 5) is 27.9. The molecule has 0 radical (unpaired) electrons. The molecule has 3 N–H and O–H groups in total. The van der Waals surface area contributed by atoms with Crippen LogP contribution in [-0.2, 0) is 11.2 Å². The summed E-state index contributed by atoms with van der Waals surface area (Å²) in [6.07, 6.45) is 0.399. The molecule has 1 aliphatic heterocycles. The van der Waals surface area contributed by atoms with Crippen molar-refractivity contribution in [2.75, 3.05) is 12.4 Å². The predicted molar refractivity (Wildman–Crippen MR) is 99.9 cm³/mol. The minimum Gasteiger partial charge on any atom is -0.497 e. The van der Waals surface area contributed by atoms with Gasteiger partial charge in [0.2, 0.25) is 5.91 Å². The van der Waals surface area contributed by atoms with Gasteiger partial charge in [0.05, 0.1) is 7.11 Å². The van der Waals surface area contributed by atoms with Crippen LogP contribution in [0.25, 0.3) is 10.9 Å². The number of anilines is 1. The number of hydrogen-bond donors (Lipinski definition) is 3. The van der Waals surface area contributed by atoms with E-state index in [1.165, 1.54) is 0 Å². The number of nitrogens with one attached hydrogen (secondary N) is 3. The second-order valence-corrected chi connectivity index (χ2v) is 6.59. The van der Waals surface area contributed by atoms with E-state index in [1.54, 1.807) is 37.4 Å². The Bertz CT molecular complexity index is 1030. The van der Waals surface area contributed by atoms with Gasteiger partial charge in [0, 0.05) is 28.0 Å². The maximum absolute atomic E-state index is 12.6. The highest BCUT2D eigenvalue weighted by Crippen LogP contribution is 2.27. The van der Waals surface area contributed by atoms with Crippen LogP contribution < -0.4 is 15.4 Å². The molecule has 1 atom stereocenters. The minimum absolute atomic E-state index is 0.241. The van der Waals surface area contributed by atoms with Crippen molar-refractivity contribution in [3.8, 4) is 5.75 Å². The predicted octanol–water partition coefficient (Wildman–Crippen LogP) is 3.12. The number of rotatable bonds is 3. The first-order valence-corrected chi connectivity index (χ1v) is 8.48. The molecule has 0 spiro atoms. The lowest BCUT2D eigenvalue weighted by molar-refractivity contribution is -0.118. The van der Waals surface area contributed by atoms with Gasteiger partial charge in [-0.2, -0.15) is 0 Å². The normalized spacial score (nSPS) is 16.1. The molecule has 2 amide bonds. The Balaban J connectivity index is 1.55. The summed E-state index contributed by atoms with van der Waals surface area (Å²) in [5, 5.41) is 7.03. The zero-order valence-corrected chi connectivity index (χ0v) is 14.7. The van der Waals surface area contributed by atoms with Crippen LogP contribution >= 0.6 is 11.6 Å². The zero-order chi connectivity index (χ0) is 18.3. The average Bonchev–Trinajstić information content (AvgIpc) is 3.05. The molecule has 3 aromatic rings. The molecular formula is C19H16ClN3O3. The molecule has 6 nitrogen and oxygen atoms in total. The molecule has 2 heterocycles. The summed E-state index contributed by atoms with van der Waals surface area (Å²) in [6.45, 7) is 0. The first-order chi connectivity index (χ1) is 12.5. The van der Waals surface area contributed by atoms with Crippen molar-refractivity contribution in [3.05, 3.63) is 58.7 Å². The fourth-order valence-electron chi connectivity index (χ4n) is 3.10. The number of hydrogen-bond acceptors (Lipinski definition) is 3. The maximum atomic E-state index is 12.6. The van der Waals surface area contributed by atoms with Gasteiger partial charge >= 0.3 is 0 Å². The second-order valence-electron chi connectivity index (χ2n) is 6.16. The summed E-state index contributed by atoms with van der Waals surface area (Å²) < 4.78 is 5.22. The first-order valence-electron chi connectivity index (χ1n) is 8.10. The van der Waals surface area contributed by atoms with Crippen molar-refractivity contribution in [2.24, 2.45) is 0 Å². The van der Waals surface area contributed by atoms with E-state index in [-0.39, 0.29) is 11.8 Å². The monoisotopic (exact) mass is 369 g/mol. The third-order valence-electron chi connectivity index (χ3n) is 4.44. The molecule has 132 valence electrons. The lowest BCUT2D eigenvalue weighted by Gasteiger charge is -2.25. The van der Waals surface area contributed by atoms with E-state index in [9.17, 15) is 9.59 Å². The molecule has 2 aromatic carbocycles. The smallest absolute Gasteiger partial charge is 0.268 e. The second kappa shape index (κ2) is 6.38. The van der Waals surface area contributed by atoms with Gasteiger partial charge in [-0.3, -0.25) is 9.59 Å². The summed E-state index contributed by atoms with van der Waals surface area (Å²) in [7, 11) is 1.59. The molecule has 26 heavy (non-hydrogen) atoms. The lowest BCUT2D eigenvalue weighted by atomic mass is 9.98. The quantitative estimate of drug-likeness (QED) is 0.663. The Kier molecular flexibility index (Phi) is 4.05. The maximum Gasteiger partial charge on any atom is 0.268 e. The molecule has 1 aromatic heterocycles. The van der Waals surface area contributed by atoms with Crippen molar-refractivity contribution >= 4 is 40.0 Å². The van der Waals surface area contributed by atoms with Gasteiger partial charge in [0.25, 0.3) is 5.91 Å². The molecule has 1 unspecified atom stereocenters. The first kappa shape index (κ1) is 16.5. The Morgan fingerprint density at radius 1 is 1.23 bits per heavy atom. The summed E-state index contributed by atoms with van der Waals surface area (Å²) in [5.41, 5.74) is 2.84. The van der Waals surface area contributed by atoms with E-state index in [0.29, 0.717) is 22.9 Å². The van der Waals surface area contributed by atoms with Gasteiger partial charge in [-0.1, -0.05) is 11.6 Å². The number of fused-ring (bicyclic) bond motifs is 2. The molecule has 4 rings (SSSR count). The topological polar surface area (TPSA) is 83.2 Å². The molecule has 1 aliphatic rings. The van der Waals surface area contributed by atoms with E-state index in [1.807, 2.05) is 12.1 Å². The Morgan fingerprint density at radius 3 is 2.88 bits per heavy atom.